The van der Waals surface area contributed by atoms with Crippen molar-refractivity contribution in [2.75, 3.05) is 0 Å². The van der Waals surface area contributed by atoms with Gasteiger partial charge in [0.1, 0.15) is 0 Å². The van der Waals surface area contributed by atoms with Crippen LogP contribution >= 0.6 is 0 Å². The second kappa shape index (κ2) is 6.68. The maximum absolute atomic E-state index is 12.6. The van der Waals surface area contributed by atoms with Gasteiger partial charge in [-0.15, -0.1) is 0 Å². The molecule has 0 amide bonds. The molecule has 5 aromatic carbocycles. The molecule has 0 bridgehead atoms. The van der Waals surface area contributed by atoms with Crippen molar-refractivity contribution in [2.45, 2.75) is 0 Å². The van der Waals surface area contributed by atoms with Crippen molar-refractivity contribution >= 4 is 10.8 Å². The minimum Gasteiger partial charge on any atom is -0.289 e. The molecule has 0 fully saturated rings. The first kappa shape index (κ1) is 16.3. The third-order valence-electron chi connectivity index (χ3n) is 4.99. The molecule has 1 nitrogen and oxygen atoms in total. The van der Waals surface area contributed by atoms with E-state index in [0.29, 0.717) is 0 Å². The zero-order valence-corrected chi connectivity index (χ0v) is 15.1. The first-order valence-corrected chi connectivity index (χ1v) is 9.26. The van der Waals surface area contributed by atoms with Crippen molar-refractivity contribution in [3.05, 3.63) is 118 Å². The van der Waals surface area contributed by atoms with Gasteiger partial charge in [-0.2, -0.15) is 0 Å². The number of benzene rings is 4. The van der Waals surface area contributed by atoms with Gasteiger partial charge in [-0.05, 0) is 34.7 Å². The van der Waals surface area contributed by atoms with Gasteiger partial charge >= 0.3 is 0 Å². The van der Waals surface area contributed by atoms with E-state index in [1.165, 1.54) is 0 Å². The van der Waals surface area contributed by atoms with Gasteiger partial charge in [0, 0.05) is 27.6 Å². The van der Waals surface area contributed by atoms with E-state index in [0.717, 1.165) is 44.2 Å². The van der Waals surface area contributed by atoms with Crippen molar-refractivity contribution in [1.82, 2.24) is 0 Å². The zero-order valence-electron chi connectivity index (χ0n) is 15.1. The highest BCUT2D eigenvalue weighted by atomic mass is 16.1. The number of rotatable bonds is 2. The molecule has 0 saturated carbocycles. The van der Waals surface area contributed by atoms with Crippen LogP contribution in [0, 0.1) is 11.8 Å². The third-order valence-corrected chi connectivity index (χ3v) is 4.99. The molecule has 0 radical (unpaired) electrons. The Kier molecular flexibility index (Phi) is 3.89. The summed E-state index contributed by atoms with van der Waals surface area (Å²) in [6.07, 6.45) is 0. The minimum atomic E-state index is 0.129. The average Bonchev–Trinajstić information content (AvgIpc) is 3.43. The molecule has 0 aromatic heterocycles. The Labute approximate surface area is 163 Å². The van der Waals surface area contributed by atoms with Gasteiger partial charge in [0.2, 0.25) is 0 Å². The summed E-state index contributed by atoms with van der Waals surface area (Å²) in [7, 11) is 0. The number of hydrogen-bond acceptors (Lipinski definition) is 1. The van der Waals surface area contributed by atoms with Crippen molar-refractivity contribution < 1.29 is 0 Å². The fraction of sp³-hybridized carbons (Fsp3) is 0. The Morgan fingerprint density at radius 2 is 1.25 bits per heavy atom. The summed E-state index contributed by atoms with van der Waals surface area (Å²) < 4.78 is 0. The molecule has 0 aliphatic rings. The summed E-state index contributed by atoms with van der Waals surface area (Å²) in [5, 5.41) is 2.14. The van der Waals surface area contributed by atoms with Gasteiger partial charge < -0.3 is 0 Å². The van der Waals surface area contributed by atoms with Crippen LogP contribution in [0.5, 0.6) is 0 Å². The van der Waals surface area contributed by atoms with Crippen molar-refractivity contribution in [1.29, 1.82) is 0 Å². The normalized spacial score (nSPS) is 10.7. The second-order valence-corrected chi connectivity index (χ2v) is 6.77. The lowest BCUT2D eigenvalue weighted by Gasteiger charge is -2.05. The highest BCUT2D eigenvalue weighted by Crippen LogP contribution is 2.39. The molecule has 0 aliphatic carbocycles. The van der Waals surface area contributed by atoms with Crippen LogP contribution < -0.4 is 5.43 Å². The van der Waals surface area contributed by atoms with E-state index in [2.05, 4.69) is 24.0 Å². The van der Waals surface area contributed by atoms with E-state index in [4.69, 9.17) is 0 Å². The largest absolute Gasteiger partial charge is 0.289 e. The fourth-order valence-corrected chi connectivity index (χ4v) is 3.62. The molecule has 5 rings (SSSR count). The Bertz CT molecular complexity index is 1350. The van der Waals surface area contributed by atoms with Gasteiger partial charge in [-0.3, -0.25) is 4.79 Å². The van der Waals surface area contributed by atoms with E-state index in [1.54, 1.807) is 0 Å². The molecular formula is C27H16O. The molecule has 0 atom stereocenters. The molecule has 0 aliphatic heterocycles. The quantitative estimate of drug-likeness (QED) is 0.365. The molecule has 0 heterocycles. The first-order valence-electron chi connectivity index (χ1n) is 9.26. The zero-order chi connectivity index (χ0) is 18.9. The summed E-state index contributed by atoms with van der Waals surface area (Å²) in [6, 6.07) is 32.0. The molecule has 0 unspecified atom stereocenters. The first-order chi connectivity index (χ1) is 13.8. The second-order valence-electron chi connectivity index (χ2n) is 6.77. The third kappa shape index (κ3) is 2.82. The van der Waals surface area contributed by atoms with Crippen molar-refractivity contribution in [3.63, 3.8) is 0 Å². The maximum Gasteiger partial charge on any atom is 0.195 e. The Morgan fingerprint density at radius 1 is 0.571 bits per heavy atom. The van der Waals surface area contributed by atoms with Crippen LogP contribution in [-0.4, -0.2) is 0 Å². The molecule has 0 saturated heterocycles. The van der Waals surface area contributed by atoms with Crippen LogP contribution in [0.2, 0.25) is 0 Å². The summed E-state index contributed by atoms with van der Waals surface area (Å²) >= 11 is 0. The summed E-state index contributed by atoms with van der Waals surface area (Å²) in [4.78, 5) is 12.6. The molecule has 0 N–H and O–H groups in total. The molecule has 28 heavy (non-hydrogen) atoms. The van der Waals surface area contributed by atoms with Gasteiger partial charge in [0.15, 0.2) is 5.43 Å². The Morgan fingerprint density at radius 3 is 2.00 bits per heavy atom. The van der Waals surface area contributed by atoms with Crippen molar-refractivity contribution in [2.24, 2.45) is 0 Å². The van der Waals surface area contributed by atoms with Crippen molar-refractivity contribution in [3.8, 4) is 34.1 Å². The highest BCUT2D eigenvalue weighted by Gasteiger charge is 2.26. The Balaban J connectivity index is 1.68. The molecule has 0 spiro atoms. The summed E-state index contributed by atoms with van der Waals surface area (Å²) in [6.45, 7) is 0. The fourth-order valence-electron chi connectivity index (χ4n) is 3.62. The lowest BCUT2D eigenvalue weighted by atomic mass is 9.97. The maximum atomic E-state index is 12.6. The average molecular weight is 356 g/mol. The smallest absolute Gasteiger partial charge is 0.195 e. The van der Waals surface area contributed by atoms with Gasteiger partial charge in [0.25, 0.3) is 0 Å². The standard InChI is InChI=1S/C27H16O/c28-27-25(21-11-5-2-6-12-21)26(27)23-16-8-15-20-13-7-14-22(24(20)23)18-17-19-9-3-1-4-10-19/h1-16H. The lowest BCUT2D eigenvalue weighted by Crippen LogP contribution is -1.85. The Hall–Kier alpha value is -3.89. The molecular weight excluding hydrogens is 340 g/mol. The number of hydrogen-bond donors (Lipinski definition) is 0. The summed E-state index contributed by atoms with van der Waals surface area (Å²) in [5.41, 5.74) is 5.63. The molecule has 1 heteroatoms. The molecule has 130 valence electrons. The predicted octanol–water partition coefficient (Wildman–Crippen LogP) is 5.81. The van der Waals surface area contributed by atoms with Crippen LogP contribution in [0.3, 0.4) is 0 Å². The van der Waals surface area contributed by atoms with Crippen LogP contribution in [0.15, 0.2) is 102 Å². The monoisotopic (exact) mass is 356 g/mol. The van der Waals surface area contributed by atoms with E-state index in [-0.39, 0.29) is 5.43 Å². The molecule has 5 aromatic rings. The van der Waals surface area contributed by atoms with Gasteiger partial charge in [0.05, 0.1) is 0 Å². The SMILES string of the molecule is O=c1c(-c2ccccc2)c1-c1cccc2cccc(C#Cc3ccccc3)c12. The van der Waals surface area contributed by atoms with E-state index in [1.807, 2.05) is 84.9 Å². The summed E-state index contributed by atoms with van der Waals surface area (Å²) in [5.74, 6) is 6.56. The van der Waals surface area contributed by atoms with E-state index >= 15 is 0 Å². The van der Waals surface area contributed by atoms with Crippen LogP contribution in [0.4, 0.5) is 0 Å². The highest BCUT2D eigenvalue weighted by molar-refractivity contribution is 6.07. The topological polar surface area (TPSA) is 17.1 Å². The number of fused-ring (bicyclic) bond motifs is 1. The van der Waals surface area contributed by atoms with Crippen LogP contribution in [-0.2, 0) is 0 Å². The predicted molar refractivity (Wildman–Crippen MR) is 116 cm³/mol. The van der Waals surface area contributed by atoms with Gasteiger partial charge in [-0.1, -0.05) is 90.7 Å². The minimum absolute atomic E-state index is 0.129. The lowest BCUT2D eigenvalue weighted by molar-refractivity contribution is 1.64. The van der Waals surface area contributed by atoms with Gasteiger partial charge in [-0.25, -0.2) is 0 Å². The van der Waals surface area contributed by atoms with Crippen LogP contribution in [0.25, 0.3) is 33.0 Å². The van der Waals surface area contributed by atoms with E-state index in [9.17, 15) is 4.79 Å². The van der Waals surface area contributed by atoms with E-state index < -0.39 is 0 Å². The van der Waals surface area contributed by atoms with Crippen LogP contribution in [0.1, 0.15) is 11.1 Å².